The van der Waals surface area contributed by atoms with Crippen molar-refractivity contribution in [2.75, 3.05) is 53.0 Å². The first-order valence-corrected chi connectivity index (χ1v) is 10.2. The monoisotopic (exact) mass is 378 g/mol. The smallest absolute Gasteiger partial charge is 0.191 e. The maximum atomic E-state index is 5.81. The summed E-state index contributed by atoms with van der Waals surface area (Å²) in [6.07, 6.45) is 6.03. The molecule has 0 saturated carbocycles. The number of nitrogens with one attached hydrogen (secondary N) is 2. The molecule has 2 saturated heterocycles. The van der Waals surface area contributed by atoms with Crippen LogP contribution in [0.3, 0.4) is 0 Å². The van der Waals surface area contributed by atoms with Crippen LogP contribution in [-0.2, 0) is 9.47 Å². The van der Waals surface area contributed by atoms with Crippen LogP contribution in [-0.4, -0.2) is 69.5 Å². The van der Waals surface area contributed by atoms with Gasteiger partial charge >= 0.3 is 0 Å². The van der Waals surface area contributed by atoms with Crippen molar-refractivity contribution in [2.24, 2.45) is 4.99 Å². The Hall–Kier alpha value is -1.57. The molecule has 27 heavy (non-hydrogen) atoms. The van der Waals surface area contributed by atoms with Crippen LogP contribution in [0, 0.1) is 0 Å². The summed E-state index contributed by atoms with van der Waals surface area (Å²) in [4.78, 5) is 7.32. The highest BCUT2D eigenvalue weighted by Gasteiger charge is 2.32. The zero-order valence-corrected chi connectivity index (χ0v) is 16.7. The number of furan rings is 1. The lowest BCUT2D eigenvalue weighted by Gasteiger charge is -2.34. The summed E-state index contributed by atoms with van der Waals surface area (Å²) in [5.74, 6) is 1.84. The van der Waals surface area contributed by atoms with Crippen molar-refractivity contribution in [3.05, 3.63) is 24.2 Å². The molecule has 1 unspecified atom stereocenters. The molecule has 2 fully saturated rings. The van der Waals surface area contributed by atoms with E-state index in [-0.39, 0.29) is 11.6 Å². The number of guanidine groups is 1. The van der Waals surface area contributed by atoms with E-state index in [1.807, 2.05) is 6.07 Å². The van der Waals surface area contributed by atoms with Gasteiger partial charge in [-0.05, 0) is 45.0 Å². The van der Waals surface area contributed by atoms with E-state index in [0.717, 1.165) is 64.0 Å². The molecule has 7 heteroatoms. The molecule has 152 valence electrons. The minimum absolute atomic E-state index is 0.212. The summed E-state index contributed by atoms with van der Waals surface area (Å²) >= 11 is 0. The van der Waals surface area contributed by atoms with Gasteiger partial charge in [0, 0.05) is 46.3 Å². The number of hydrogen-bond donors (Lipinski definition) is 2. The molecule has 0 aromatic carbocycles. The van der Waals surface area contributed by atoms with Gasteiger partial charge in [0.05, 0.1) is 24.5 Å². The topological polar surface area (TPSA) is 71.3 Å². The van der Waals surface area contributed by atoms with Gasteiger partial charge in [0.15, 0.2) is 5.96 Å². The third-order valence-electron chi connectivity index (χ3n) is 5.62. The first-order chi connectivity index (χ1) is 13.3. The normalized spacial score (nSPS) is 21.9. The van der Waals surface area contributed by atoms with Crippen LogP contribution in [0.5, 0.6) is 0 Å². The number of methoxy groups -OCH3 is 1. The first-order valence-electron chi connectivity index (χ1n) is 10.2. The van der Waals surface area contributed by atoms with Crippen molar-refractivity contribution in [1.29, 1.82) is 0 Å². The van der Waals surface area contributed by atoms with Gasteiger partial charge in [-0.25, -0.2) is 0 Å². The minimum Gasteiger partial charge on any atom is -0.468 e. The largest absolute Gasteiger partial charge is 0.468 e. The molecule has 2 aliphatic rings. The van der Waals surface area contributed by atoms with E-state index in [9.17, 15) is 0 Å². The maximum absolute atomic E-state index is 5.81. The third-order valence-corrected chi connectivity index (χ3v) is 5.62. The van der Waals surface area contributed by atoms with Crippen molar-refractivity contribution in [2.45, 2.75) is 44.2 Å². The number of rotatable bonds is 8. The Morgan fingerprint density at radius 3 is 2.70 bits per heavy atom. The summed E-state index contributed by atoms with van der Waals surface area (Å²) in [5.41, 5.74) is -0.212. The quantitative estimate of drug-likeness (QED) is 0.534. The highest BCUT2D eigenvalue weighted by atomic mass is 16.5. The third kappa shape index (κ3) is 5.46. The summed E-state index contributed by atoms with van der Waals surface area (Å²) in [5, 5.41) is 6.87. The average Bonchev–Trinajstić information content (AvgIpc) is 3.42. The lowest BCUT2D eigenvalue weighted by Crippen LogP contribution is -2.45. The Bertz CT molecular complexity index is 564. The Balaban J connectivity index is 1.63. The van der Waals surface area contributed by atoms with Crippen LogP contribution in [0.15, 0.2) is 27.8 Å². The molecular weight excluding hydrogens is 344 g/mol. The summed E-state index contributed by atoms with van der Waals surface area (Å²) in [6, 6.07) is 4.26. The van der Waals surface area contributed by atoms with Crippen molar-refractivity contribution >= 4 is 5.96 Å². The van der Waals surface area contributed by atoms with Crippen molar-refractivity contribution in [3.63, 3.8) is 0 Å². The molecule has 1 aromatic heterocycles. The molecule has 0 bridgehead atoms. The molecule has 3 heterocycles. The van der Waals surface area contributed by atoms with E-state index >= 15 is 0 Å². The highest BCUT2D eigenvalue weighted by molar-refractivity contribution is 5.79. The number of likely N-dealkylation sites (tertiary alicyclic amines) is 1. The van der Waals surface area contributed by atoms with Crippen molar-refractivity contribution < 1.29 is 13.9 Å². The molecule has 2 aliphatic heterocycles. The van der Waals surface area contributed by atoms with Gasteiger partial charge in [0.25, 0.3) is 0 Å². The van der Waals surface area contributed by atoms with E-state index < -0.39 is 0 Å². The summed E-state index contributed by atoms with van der Waals surface area (Å²) in [7, 11) is 1.78. The molecule has 2 N–H and O–H groups in total. The molecule has 0 radical (unpaired) electrons. The fourth-order valence-corrected chi connectivity index (χ4v) is 3.87. The molecule has 0 spiro atoms. The highest BCUT2D eigenvalue weighted by Crippen LogP contribution is 2.26. The van der Waals surface area contributed by atoms with Crippen molar-refractivity contribution in [1.82, 2.24) is 15.5 Å². The minimum atomic E-state index is -0.212. The zero-order valence-electron chi connectivity index (χ0n) is 16.7. The average molecular weight is 379 g/mol. The Kier molecular flexibility index (Phi) is 7.55. The molecule has 7 nitrogen and oxygen atoms in total. The fourth-order valence-electron chi connectivity index (χ4n) is 3.87. The van der Waals surface area contributed by atoms with Gasteiger partial charge in [-0.1, -0.05) is 0 Å². The van der Waals surface area contributed by atoms with Gasteiger partial charge < -0.3 is 24.5 Å². The molecular formula is C20H34N4O3. The number of ether oxygens (including phenoxy) is 2. The van der Waals surface area contributed by atoms with Crippen LogP contribution in [0.25, 0.3) is 0 Å². The van der Waals surface area contributed by atoms with Gasteiger partial charge in [-0.15, -0.1) is 0 Å². The van der Waals surface area contributed by atoms with E-state index in [1.165, 1.54) is 12.8 Å². The van der Waals surface area contributed by atoms with Crippen LogP contribution < -0.4 is 10.6 Å². The van der Waals surface area contributed by atoms with Crippen LogP contribution in [0.2, 0.25) is 0 Å². The first kappa shape index (κ1) is 20.2. The molecule has 3 rings (SSSR count). The standard InChI is InChI=1S/C20H34N4O3/c1-3-21-19(23-16-20(25-2)8-13-26-14-9-20)22-15-17(18-7-6-12-27-18)24-10-4-5-11-24/h6-7,12,17H,3-5,8-11,13-16H2,1-2H3,(H2,21,22,23). The van der Waals surface area contributed by atoms with Crippen molar-refractivity contribution in [3.8, 4) is 0 Å². The Morgan fingerprint density at radius 2 is 2.07 bits per heavy atom. The Morgan fingerprint density at radius 1 is 1.30 bits per heavy atom. The van der Waals surface area contributed by atoms with Gasteiger partial charge in [0.1, 0.15) is 5.76 Å². The van der Waals surface area contributed by atoms with Crippen LogP contribution in [0.4, 0.5) is 0 Å². The lowest BCUT2D eigenvalue weighted by molar-refractivity contribution is -0.0828. The summed E-state index contributed by atoms with van der Waals surface area (Å²) in [6.45, 7) is 8.03. The van der Waals surface area contributed by atoms with E-state index in [4.69, 9.17) is 18.9 Å². The number of hydrogen-bond acceptors (Lipinski definition) is 5. The predicted molar refractivity (Wildman–Crippen MR) is 106 cm³/mol. The second-order valence-corrected chi connectivity index (χ2v) is 7.35. The van der Waals surface area contributed by atoms with Crippen LogP contribution in [0.1, 0.15) is 44.4 Å². The summed E-state index contributed by atoms with van der Waals surface area (Å²) < 4.78 is 17.0. The molecule has 0 amide bonds. The molecule has 1 atom stereocenters. The van der Waals surface area contributed by atoms with E-state index in [2.05, 4.69) is 28.5 Å². The number of aliphatic imine (C=N–C) groups is 1. The molecule has 1 aromatic rings. The predicted octanol–water partition coefficient (Wildman–Crippen LogP) is 2.17. The van der Waals surface area contributed by atoms with Gasteiger partial charge in [-0.2, -0.15) is 0 Å². The maximum Gasteiger partial charge on any atom is 0.191 e. The second kappa shape index (κ2) is 10.1. The van der Waals surface area contributed by atoms with Gasteiger partial charge in [-0.3, -0.25) is 9.89 Å². The number of nitrogens with zero attached hydrogens (tertiary/aromatic N) is 2. The lowest BCUT2D eigenvalue weighted by atomic mass is 9.94. The van der Waals surface area contributed by atoms with E-state index in [1.54, 1.807) is 13.4 Å². The second-order valence-electron chi connectivity index (χ2n) is 7.35. The van der Waals surface area contributed by atoms with Gasteiger partial charge in [0.2, 0.25) is 0 Å². The van der Waals surface area contributed by atoms with E-state index in [0.29, 0.717) is 6.54 Å². The SMILES string of the molecule is CCNC(=NCC1(OC)CCOCC1)NCC(c1ccco1)N1CCCC1. The zero-order chi connectivity index (χ0) is 19.0. The molecule has 0 aliphatic carbocycles. The fraction of sp³-hybridized carbons (Fsp3) is 0.750. The Labute approximate surface area is 162 Å². The van der Waals surface area contributed by atoms with Crippen LogP contribution >= 0.6 is 0 Å².